The summed E-state index contributed by atoms with van der Waals surface area (Å²) in [4.78, 5) is 11.7. The first-order chi connectivity index (χ1) is 10.8. The topological polar surface area (TPSA) is 26.3 Å². The molecule has 2 nitrogen and oxygen atoms in total. The molecule has 0 saturated carbocycles. The number of hydrogen-bond acceptors (Lipinski definition) is 2. The Hall–Kier alpha value is -1.98. The molecular formula is C16H9Cl2F3O2. The molecule has 0 bridgehead atoms. The van der Waals surface area contributed by atoms with Crippen molar-refractivity contribution in [2.45, 2.75) is 6.18 Å². The van der Waals surface area contributed by atoms with Gasteiger partial charge in [-0.05, 0) is 35.9 Å². The Balaban J connectivity index is 2.11. The van der Waals surface area contributed by atoms with E-state index in [0.717, 1.165) is 18.2 Å². The first kappa shape index (κ1) is 17.4. The Kier molecular flexibility index (Phi) is 5.34. The Labute approximate surface area is 140 Å². The van der Waals surface area contributed by atoms with Gasteiger partial charge >= 0.3 is 12.1 Å². The zero-order chi connectivity index (χ0) is 17.0. The van der Waals surface area contributed by atoms with Gasteiger partial charge in [0, 0.05) is 17.2 Å². The smallest absolute Gasteiger partial charge is 0.416 e. The number of carbonyl (C=O) groups is 1. The predicted molar refractivity (Wildman–Crippen MR) is 82.6 cm³/mol. The quantitative estimate of drug-likeness (QED) is 0.402. The van der Waals surface area contributed by atoms with Crippen molar-refractivity contribution in [1.82, 2.24) is 0 Å². The van der Waals surface area contributed by atoms with Crippen LogP contribution < -0.4 is 4.74 Å². The fourth-order valence-electron chi connectivity index (χ4n) is 1.68. The van der Waals surface area contributed by atoms with Crippen LogP contribution in [0, 0.1) is 0 Å². The first-order valence-corrected chi connectivity index (χ1v) is 7.03. The fourth-order valence-corrected chi connectivity index (χ4v) is 2.00. The summed E-state index contributed by atoms with van der Waals surface area (Å²) in [5.74, 6) is -0.718. The molecule has 0 heterocycles. The van der Waals surface area contributed by atoms with E-state index in [9.17, 15) is 18.0 Å². The standard InChI is InChI=1S/C16H9Cl2F3O2/c17-12-5-6-13(18)14(9-12)23-15(22)7-4-10-2-1-3-11(8-10)16(19,20)21/h1-9H/b7-4+. The molecule has 23 heavy (non-hydrogen) atoms. The van der Waals surface area contributed by atoms with E-state index in [4.69, 9.17) is 27.9 Å². The Morgan fingerprint density at radius 1 is 1.09 bits per heavy atom. The largest absolute Gasteiger partial charge is 0.422 e. The first-order valence-electron chi connectivity index (χ1n) is 6.28. The van der Waals surface area contributed by atoms with Crippen LogP contribution >= 0.6 is 23.2 Å². The molecule has 0 radical (unpaired) electrons. The van der Waals surface area contributed by atoms with Gasteiger partial charge in [0.05, 0.1) is 10.6 Å². The lowest BCUT2D eigenvalue weighted by Gasteiger charge is -2.06. The summed E-state index contributed by atoms with van der Waals surface area (Å²) in [5.41, 5.74) is -0.583. The molecule has 0 atom stereocenters. The highest BCUT2D eigenvalue weighted by Crippen LogP contribution is 2.30. The van der Waals surface area contributed by atoms with Crippen molar-refractivity contribution in [3.63, 3.8) is 0 Å². The molecular weight excluding hydrogens is 352 g/mol. The molecule has 2 aromatic rings. The normalized spacial score (nSPS) is 11.7. The number of esters is 1. The minimum Gasteiger partial charge on any atom is -0.422 e. The van der Waals surface area contributed by atoms with E-state index in [1.165, 1.54) is 36.4 Å². The molecule has 2 rings (SSSR count). The second kappa shape index (κ2) is 7.06. The highest BCUT2D eigenvalue weighted by Gasteiger charge is 2.30. The van der Waals surface area contributed by atoms with Crippen molar-refractivity contribution in [3.05, 3.63) is 69.7 Å². The number of halogens is 5. The van der Waals surface area contributed by atoms with Crippen molar-refractivity contribution in [1.29, 1.82) is 0 Å². The fraction of sp³-hybridized carbons (Fsp3) is 0.0625. The zero-order valence-corrected chi connectivity index (χ0v) is 12.9. The van der Waals surface area contributed by atoms with Crippen LogP contribution in [0.3, 0.4) is 0 Å². The molecule has 0 amide bonds. The molecule has 7 heteroatoms. The van der Waals surface area contributed by atoms with Crippen molar-refractivity contribution < 1.29 is 22.7 Å². The van der Waals surface area contributed by atoms with E-state index >= 15 is 0 Å². The third-order valence-electron chi connectivity index (χ3n) is 2.73. The number of carbonyl (C=O) groups excluding carboxylic acids is 1. The number of alkyl halides is 3. The third-order valence-corrected chi connectivity index (χ3v) is 3.28. The lowest BCUT2D eigenvalue weighted by atomic mass is 10.1. The van der Waals surface area contributed by atoms with E-state index in [1.807, 2.05) is 0 Å². The van der Waals surface area contributed by atoms with Crippen LogP contribution in [0.5, 0.6) is 5.75 Å². The maximum absolute atomic E-state index is 12.6. The zero-order valence-electron chi connectivity index (χ0n) is 11.4. The van der Waals surface area contributed by atoms with Crippen molar-refractivity contribution in [3.8, 4) is 5.75 Å². The highest BCUT2D eigenvalue weighted by atomic mass is 35.5. The lowest BCUT2D eigenvalue weighted by molar-refractivity contribution is -0.137. The number of benzene rings is 2. The highest BCUT2D eigenvalue weighted by molar-refractivity contribution is 6.34. The summed E-state index contributed by atoms with van der Waals surface area (Å²) in [6.45, 7) is 0. The second-order valence-corrected chi connectivity index (χ2v) is 5.30. The summed E-state index contributed by atoms with van der Waals surface area (Å²) >= 11 is 11.6. The SMILES string of the molecule is O=C(/C=C/c1cccc(C(F)(F)F)c1)Oc1cc(Cl)ccc1Cl. The van der Waals surface area contributed by atoms with Gasteiger partial charge in [0.1, 0.15) is 0 Å². The van der Waals surface area contributed by atoms with Gasteiger partial charge in [-0.1, -0.05) is 35.3 Å². The molecule has 0 aliphatic carbocycles. The molecule has 0 spiro atoms. The average molecular weight is 361 g/mol. The summed E-state index contributed by atoms with van der Waals surface area (Å²) in [6, 6.07) is 8.91. The maximum atomic E-state index is 12.6. The summed E-state index contributed by atoms with van der Waals surface area (Å²) in [6.07, 6.45) is -2.22. The van der Waals surface area contributed by atoms with Gasteiger partial charge in [0.15, 0.2) is 5.75 Å². The molecule has 0 aliphatic rings. The summed E-state index contributed by atoms with van der Waals surface area (Å²) < 4.78 is 42.8. The van der Waals surface area contributed by atoms with Gasteiger partial charge in [-0.2, -0.15) is 13.2 Å². The Bertz CT molecular complexity index is 755. The minimum atomic E-state index is -4.45. The van der Waals surface area contributed by atoms with Gasteiger partial charge in [0.2, 0.25) is 0 Å². The van der Waals surface area contributed by atoms with Gasteiger partial charge in [-0.15, -0.1) is 0 Å². The molecule has 2 aromatic carbocycles. The van der Waals surface area contributed by atoms with Gasteiger partial charge in [0.25, 0.3) is 0 Å². The van der Waals surface area contributed by atoms with E-state index in [-0.39, 0.29) is 16.3 Å². The van der Waals surface area contributed by atoms with Crippen LogP contribution in [0.1, 0.15) is 11.1 Å². The molecule has 0 saturated heterocycles. The van der Waals surface area contributed by atoms with Crippen LogP contribution in [-0.2, 0) is 11.0 Å². The number of rotatable bonds is 3. The van der Waals surface area contributed by atoms with Crippen LogP contribution in [0.4, 0.5) is 13.2 Å². The predicted octanol–water partition coefficient (Wildman–Crippen LogP) is 5.63. The van der Waals surface area contributed by atoms with E-state index in [1.54, 1.807) is 0 Å². The molecule has 0 aromatic heterocycles. The maximum Gasteiger partial charge on any atom is 0.416 e. The average Bonchev–Trinajstić information content (AvgIpc) is 2.48. The van der Waals surface area contributed by atoms with E-state index < -0.39 is 17.7 Å². The molecule has 0 unspecified atom stereocenters. The van der Waals surface area contributed by atoms with E-state index in [2.05, 4.69) is 0 Å². The van der Waals surface area contributed by atoms with E-state index in [0.29, 0.717) is 5.02 Å². The number of ether oxygens (including phenoxy) is 1. The molecule has 0 N–H and O–H groups in total. The Morgan fingerprint density at radius 2 is 1.83 bits per heavy atom. The third kappa shape index (κ3) is 5.01. The summed E-state index contributed by atoms with van der Waals surface area (Å²) in [5, 5.41) is 0.522. The van der Waals surface area contributed by atoms with Crippen LogP contribution in [0.2, 0.25) is 10.0 Å². The van der Waals surface area contributed by atoms with Crippen LogP contribution in [-0.4, -0.2) is 5.97 Å². The summed E-state index contributed by atoms with van der Waals surface area (Å²) in [7, 11) is 0. The number of hydrogen-bond donors (Lipinski definition) is 0. The van der Waals surface area contributed by atoms with Gasteiger partial charge < -0.3 is 4.74 Å². The monoisotopic (exact) mass is 360 g/mol. The molecule has 120 valence electrons. The molecule has 0 fully saturated rings. The lowest BCUT2D eigenvalue weighted by Crippen LogP contribution is -2.05. The molecule has 0 aliphatic heterocycles. The van der Waals surface area contributed by atoms with Crippen LogP contribution in [0.15, 0.2) is 48.5 Å². The van der Waals surface area contributed by atoms with Crippen molar-refractivity contribution in [2.75, 3.05) is 0 Å². The van der Waals surface area contributed by atoms with Gasteiger partial charge in [-0.25, -0.2) is 4.79 Å². The van der Waals surface area contributed by atoms with Gasteiger partial charge in [-0.3, -0.25) is 0 Å². The second-order valence-electron chi connectivity index (χ2n) is 4.45. The van der Waals surface area contributed by atoms with Crippen molar-refractivity contribution >= 4 is 35.2 Å². The van der Waals surface area contributed by atoms with Crippen LogP contribution in [0.25, 0.3) is 6.08 Å². The van der Waals surface area contributed by atoms with Crippen molar-refractivity contribution in [2.24, 2.45) is 0 Å². The minimum absolute atomic E-state index is 0.0675. The Morgan fingerprint density at radius 3 is 2.52 bits per heavy atom.